The van der Waals surface area contributed by atoms with Gasteiger partial charge in [-0.15, -0.1) is 0 Å². The smallest absolute Gasteiger partial charge is 0.220 e. The minimum Gasteiger partial charge on any atom is -0.359 e. The van der Waals surface area contributed by atoms with Gasteiger partial charge < -0.3 is 9.84 Å². The van der Waals surface area contributed by atoms with Crippen LogP contribution < -0.4 is 5.32 Å². The van der Waals surface area contributed by atoms with Crippen molar-refractivity contribution in [2.24, 2.45) is 0 Å². The highest BCUT2D eigenvalue weighted by Crippen LogP contribution is 2.06. The second-order valence-electron chi connectivity index (χ2n) is 4.67. The molecule has 0 aliphatic rings. The predicted molar refractivity (Wildman–Crippen MR) is 74.9 cm³/mol. The normalized spacial score (nSPS) is 10.4. The summed E-state index contributed by atoms with van der Waals surface area (Å²) in [6.07, 6.45) is 6.57. The van der Waals surface area contributed by atoms with E-state index in [1.807, 2.05) is 18.2 Å². The summed E-state index contributed by atoms with van der Waals surface area (Å²) in [4.78, 5) is 15.7. The summed E-state index contributed by atoms with van der Waals surface area (Å²) in [6.45, 7) is 2.49. The third kappa shape index (κ3) is 4.50. The summed E-state index contributed by atoms with van der Waals surface area (Å²) in [6, 6.07) is 5.73. The maximum absolute atomic E-state index is 11.7. The molecule has 106 valence electrons. The number of aryl methyl sites for hydroxylation is 2. The molecule has 0 aliphatic carbocycles. The average Bonchev–Trinajstić information content (AvgIpc) is 2.92. The molecule has 5 nitrogen and oxygen atoms in total. The summed E-state index contributed by atoms with van der Waals surface area (Å²) < 4.78 is 5.16. The Morgan fingerprint density at radius 2 is 2.10 bits per heavy atom. The molecule has 5 heteroatoms. The minimum absolute atomic E-state index is 0.00949. The fraction of sp³-hybridized carbons (Fsp3) is 0.400. The van der Waals surface area contributed by atoms with Crippen molar-refractivity contribution in [1.82, 2.24) is 15.5 Å². The van der Waals surface area contributed by atoms with Gasteiger partial charge >= 0.3 is 0 Å². The summed E-state index contributed by atoms with van der Waals surface area (Å²) in [5.41, 5.74) is 2.05. The van der Waals surface area contributed by atoms with Gasteiger partial charge in [0.25, 0.3) is 0 Å². The Kier molecular flexibility index (Phi) is 5.29. The molecule has 2 aromatic heterocycles. The standard InChI is InChI=1S/C15H19N3O2/c1-2-3-13-10-14(20-18-13)11-17-15(19)5-4-12-6-8-16-9-7-12/h6-10H,2-5,11H2,1H3,(H,17,19). The minimum atomic E-state index is 0.00949. The quantitative estimate of drug-likeness (QED) is 0.840. The van der Waals surface area contributed by atoms with Crippen molar-refractivity contribution >= 4 is 5.91 Å². The van der Waals surface area contributed by atoms with Crippen molar-refractivity contribution in [2.75, 3.05) is 0 Å². The lowest BCUT2D eigenvalue weighted by Crippen LogP contribution is -2.22. The topological polar surface area (TPSA) is 68.0 Å². The number of hydrogen-bond acceptors (Lipinski definition) is 4. The van der Waals surface area contributed by atoms with Crippen LogP contribution in [0, 0.1) is 0 Å². The number of nitrogens with zero attached hydrogens (tertiary/aromatic N) is 2. The fourth-order valence-electron chi connectivity index (χ4n) is 1.89. The van der Waals surface area contributed by atoms with Gasteiger partial charge in [0.05, 0.1) is 12.2 Å². The number of hydrogen-bond donors (Lipinski definition) is 1. The molecule has 0 unspecified atom stereocenters. The van der Waals surface area contributed by atoms with Crippen molar-refractivity contribution in [2.45, 2.75) is 39.2 Å². The van der Waals surface area contributed by atoms with E-state index < -0.39 is 0 Å². The molecule has 0 aliphatic heterocycles. The summed E-state index contributed by atoms with van der Waals surface area (Å²) in [5, 5.41) is 6.78. The van der Waals surface area contributed by atoms with Crippen molar-refractivity contribution in [3.63, 3.8) is 0 Å². The van der Waals surface area contributed by atoms with Gasteiger partial charge in [0.1, 0.15) is 0 Å². The van der Waals surface area contributed by atoms with Crippen LogP contribution in [0.3, 0.4) is 0 Å². The van der Waals surface area contributed by atoms with Gasteiger partial charge in [-0.1, -0.05) is 18.5 Å². The van der Waals surface area contributed by atoms with Crippen LogP contribution in [0.4, 0.5) is 0 Å². The van der Waals surface area contributed by atoms with E-state index >= 15 is 0 Å². The zero-order valence-corrected chi connectivity index (χ0v) is 11.6. The molecule has 0 aromatic carbocycles. The Labute approximate surface area is 118 Å². The predicted octanol–water partition coefficient (Wildman–Crippen LogP) is 2.27. The van der Waals surface area contributed by atoms with Gasteiger partial charge in [-0.05, 0) is 30.5 Å². The first kappa shape index (κ1) is 14.2. The van der Waals surface area contributed by atoms with Gasteiger partial charge in [0.2, 0.25) is 5.91 Å². The van der Waals surface area contributed by atoms with Gasteiger partial charge in [-0.2, -0.15) is 0 Å². The van der Waals surface area contributed by atoms with Crippen molar-refractivity contribution in [1.29, 1.82) is 0 Å². The monoisotopic (exact) mass is 273 g/mol. The van der Waals surface area contributed by atoms with E-state index in [1.165, 1.54) is 0 Å². The highest BCUT2D eigenvalue weighted by atomic mass is 16.5. The number of carbonyl (C=O) groups is 1. The molecule has 0 saturated carbocycles. The zero-order chi connectivity index (χ0) is 14.2. The number of aromatic nitrogens is 2. The molecule has 0 radical (unpaired) electrons. The maximum Gasteiger partial charge on any atom is 0.220 e. The van der Waals surface area contributed by atoms with Crippen molar-refractivity contribution < 1.29 is 9.32 Å². The Morgan fingerprint density at radius 1 is 1.30 bits per heavy atom. The van der Waals surface area contributed by atoms with Gasteiger partial charge in [0.15, 0.2) is 5.76 Å². The molecule has 0 atom stereocenters. The molecule has 0 bridgehead atoms. The number of amides is 1. The first-order valence-corrected chi connectivity index (χ1v) is 6.88. The molecule has 0 spiro atoms. The SMILES string of the molecule is CCCc1cc(CNC(=O)CCc2ccncc2)on1. The molecule has 20 heavy (non-hydrogen) atoms. The molecule has 2 heterocycles. The maximum atomic E-state index is 11.7. The third-order valence-corrected chi connectivity index (χ3v) is 2.96. The Balaban J connectivity index is 1.71. The molecule has 1 amide bonds. The van der Waals surface area contributed by atoms with E-state index in [4.69, 9.17) is 4.52 Å². The van der Waals surface area contributed by atoms with E-state index in [9.17, 15) is 4.79 Å². The Morgan fingerprint density at radius 3 is 2.85 bits per heavy atom. The number of carbonyl (C=O) groups excluding carboxylic acids is 1. The number of pyridine rings is 1. The average molecular weight is 273 g/mol. The van der Waals surface area contributed by atoms with Gasteiger partial charge in [-0.25, -0.2) is 0 Å². The molecular weight excluding hydrogens is 254 g/mol. The van der Waals surface area contributed by atoms with E-state index in [2.05, 4.69) is 22.4 Å². The van der Waals surface area contributed by atoms with E-state index in [-0.39, 0.29) is 5.91 Å². The van der Waals surface area contributed by atoms with E-state index in [0.717, 1.165) is 24.1 Å². The molecule has 0 fully saturated rings. The van der Waals surface area contributed by atoms with Crippen LogP contribution in [0.2, 0.25) is 0 Å². The van der Waals surface area contributed by atoms with Crippen LogP contribution in [-0.2, 0) is 24.2 Å². The lowest BCUT2D eigenvalue weighted by molar-refractivity contribution is -0.121. The van der Waals surface area contributed by atoms with Crippen LogP contribution in [-0.4, -0.2) is 16.0 Å². The van der Waals surface area contributed by atoms with Crippen LogP contribution in [0.5, 0.6) is 0 Å². The van der Waals surface area contributed by atoms with E-state index in [1.54, 1.807) is 12.4 Å². The summed E-state index contributed by atoms with van der Waals surface area (Å²) in [5.74, 6) is 0.709. The van der Waals surface area contributed by atoms with Gasteiger partial charge in [0, 0.05) is 24.9 Å². The highest BCUT2D eigenvalue weighted by molar-refractivity contribution is 5.76. The lowest BCUT2D eigenvalue weighted by atomic mass is 10.1. The second kappa shape index (κ2) is 7.43. The van der Waals surface area contributed by atoms with Crippen molar-refractivity contribution in [3.05, 3.63) is 47.6 Å². The van der Waals surface area contributed by atoms with Crippen LogP contribution in [0.25, 0.3) is 0 Å². The first-order chi connectivity index (χ1) is 9.78. The van der Waals surface area contributed by atoms with Crippen molar-refractivity contribution in [3.8, 4) is 0 Å². The highest BCUT2D eigenvalue weighted by Gasteiger charge is 2.06. The largest absolute Gasteiger partial charge is 0.359 e. The molecular formula is C15H19N3O2. The third-order valence-electron chi connectivity index (χ3n) is 2.96. The van der Waals surface area contributed by atoms with Gasteiger partial charge in [-0.3, -0.25) is 9.78 Å². The summed E-state index contributed by atoms with van der Waals surface area (Å²) in [7, 11) is 0. The number of nitrogens with one attached hydrogen (secondary N) is 1. The van der Waals surface area contributed by atoms with Crippen LogP contribution in [0.1, 0.15) is 36.8 Å². The first-order valence-electron chi connectivity index (χ1n) is 6.88. The Hall–Kier alpha value is -2.17. The number of rotatable bonds is 7. The van der Waals surface area contributed by atoms with Crippen LogP contribution in [0.15, 0.2) is 35.1 Å². The second-order valence-corrected chi connectivity index (χ2v) is 4.67. The lowest BCUT2D eigenvalue weighted by Gasteiger charge is -2.02. The summed E-state index contributed by atoms with van der Waals surface area (Å²) >= 11 is 0. The molecule has 2 rings (SSSR count). The Bertz CT molecular complexity index is 537. The molecule has 2 aromatic rings. The molecule has 1 N–H and O–H groups in total. The van der Waals surface area contributed by atoms with E-state index in [0.29, 0.717) is 25.1 Å². The zero-order valence-electron chi connectivity index (χ0n) is 11.6. The van der Waals surface area contributed by atoms with Crippen LogP contribution >= 0.6 is 0 Å². The fourth-order valence-corrected chi connectivity index (χ4v) is 1.89. The molecule has 0 saturated heterocycles.